The predicted octanol–water partition coefficient (Wildman–Crippen LogP) is 2.73. The number of benzene rings is 1. The summed E-state index contributed by atoms with van der Waals surface area (Å²) in [5.74, 6) is 0.905. The number of carbonyl (C=O) groups is 1. The Labute approximate surface area is 171 Å². The highest BCUT2D eigenvalue weighted by atomic mass is 16.5. The van der Waals surface area contributed by atoms with E-state index >= 15 is 0 Å². The molecule has 0 aliphatic carbocycles. The highest BCUT2D eigenvalue weighted by molar-refractivity contribution is 5.78. The zero-order valence-corrected chi connectivity index (χ0v) is 17.0. The summed E-state index contributed by atoms with van der Waals surface area (Å²) in [7, 11) is 0. The van der Waals surface area contributed by atoms with E-state index in [1.165, 1.54) is 5.69 Å². The molecule has 7 nitrogen and oxygen atoms in total. The molecule has 156 valence electrons. The van der Waals surface area contributed by atoms with Crippen LogP contribution in [0.4, 0.5) is 0 Å². The number of rotatable bonds is 8. The molecule has 0 radical (unpaired) electrons. The largest absolute Gasteiger partial charge is 0.492 e. The lowest BCUT2D eigenvalue weighted by atomic mass is 10.0. The second-order valence-electron chi connectivity index (χ2n) is 7.38. The first kappa shape index (κ1) is 19.9. The standard InChI is InChI=1S/C22H29N3O4/c1-2-27-16-21(26)24-11-6-9-20(24)22-18-15-28-13-10-19(18)25(23-22)12-14-29-17-7-4-3-5-8-17/h3-5,7-8,20H,2,6,9-16H2,1H3/t20-/m0/s1. The van der Waals surface area contributed by atoms with Crippen LogP contribution in [0.15, 0.2) is 30.3 Å². The molecule has 2 aliphatic rings. The number of nitrogens with zero attached hydrogens (tertiary/aromatic N) is 3. The van der Waals surface area contributed by atoms with Crippen molar-refractivity contribution in [3.05, 3.63) is 47.3 Å². The summed E-state index contributed by atoms with van der Waals surface area (Å²) < 4.78 is 19.0. The minimum Gasteiger partial charge on any atom is -0.492 e. The van der Waals surface area contributed by atoms with Crippen molar-refractivity contribution in [2.75, 3.05) is 33.0 Å². The van der Waals surface area contributed by atoms with Crippen molar-refractivity contribution < 1.29 is 19.0 Å². The summed E-state index contributed by atoms with van der Waals surface area (Å²) in [6, 6.07) is 9.83. The van der Waals surface area contributed by atoms with Gasteiger partial charge in [0.2, 0.25) is 5.91 Å². The molecule has 29 heavy (non-hydrogen) atoms. The molecule has 2 aliphatic heterocycles. The van der Waals surface area contributed by atoms with E-state index in [0.717, 1.165) is 42.8 Å². The van der Waals surface area contributed by atoms with Gasteiger partial charge in [-0.3, -0.25) is 9.48 Å². The fraction of sp³-hybridized carbons (Fsp3) is 0.545. The highest BCUT2D eigenvalue weighted by Crippen LogP contribution is 2.36. The molecule has 7 heteroatoms. The van der Waals surface area contributed by atoms with Gasteiger partial charge >= 0.3 is 0 Å². The first-order chi connectivity index (χ1) is 14.3. The fourth-order valence-corrected chi connectivity index (χ4v) is 4.18. The van der Waals surface area contributed by atoms with E-state index in [9.17, 15) is 4.79 Å². The molecule has 4 rings (SSSR count). The van der Waals surface area contributed by atoms with Crippen LogP contribution in [0.1, 0.15) is 42.8 Å². The molecular weight excluding hydrogens is 370 g/mol. The van der Waals surface area contributed by atoms with Crippen LogP contribution in [0.3, 0.4) is 0 Å². The minimum absolute atomic E-state index is 0.00898. The molecular formula is C22H29N3O4. The maximum atomic E-state index is 12.6. The third kappa shape index (κ3) is 4.46. The molecule has 0 N–H and O–H groups in total. The van der Waals surface area contributed by atoms with Crippen LogP contribution in [0.5, 0.6) is 5.75 Å². The molecule has 0 unspecified atom stereocenters. The number of hydrogen-bond donors (Lipinski definition) is 0. The van der Waals surface area contributed by atoms with Gasteiger partial charge in [0.1, 0.15) is 19.0 Å². The number of aromatic nitrogens is 2. The van der Waals surface area contributed by atoms with Gasteiger partial charge in [-0.2, -0.15) is 5.10 Å². The Balaban J connectivity index is 1.50. The quantitative estimate of drug-likeness (QED) is 0.683. The number of fused-ring (bicyclic) bond motifs is 1. The van der Waals surface area contributed by atoms with Crippen LogP contribution >= 0.6 is 0 Å². The molecule has 1 amide bonds. The first-order valence-electron chi connectivity index (χ1n) is 10.5. The highest BCUT2D eigenvalue weighted by Gasteiger charge is 2.35. The van der Waals surface area contributed by atoms with Crippen LogP contribution in [0.25, 0.3) is 0 Å². The van der Waals surface area contributed by atoms with E-state index in [0.29, 0.717) is 33.0 Å². The Morgan fingerprint density at radius 2 is 2.17 bits per heavy atom. The summed E-state index contributed by atoms with van der Waals surface area (Å²) in [5, 5.41) is 4.94. The lowest BCUT2D eigenvalue weighted by Crippen LogP contribution is -2.34. The molecule has 2 aromatic rings. The van der Waals surface area contributed by atoms with Crippen molar-refractivity contribution in [2.24, 2.45) is 0 Å². The lowest BCUT2D eigenvalue weighted by molar-refractivity contribution is -0.137. The molecule has 1 aromatic carbocycles. The molecule has 1 aromatic heterocycles. The molecule has 0 bridgehead atoms. The number of para-hydroxylation sites is 1. The average Bonchev–Trinajstić information content (AvgIpc) is 3.38. The lowest BCUT2D eigenvalue weighted by Gasteiger charge is -2.25. The second kappa shape index (κ2) is 9.41. The number of hydrogen-bond acceptors (Lipinski definition) is 5. The van der Waals surface area contributed by atoms with Crippen LogP contribution in [0, 0.1) is 0 Å². The normalized spacial score (nSPS) is 18.7. The van der Waals surface area contributed by atoms with Gasteiger partial charge in [-0.15, -0.1) is 0 Å². The topological polar surface area (TPSA) is 65.8 Å². The monoisotopic (exact) mass is 399 g/mol. The van der Waals surface area contributed by atoms with Gasteiger partial charge in [0.15, 0.2) is 0 Å². The SMILES string of the molecule is CCOCC(=O)N1CCC[C@H]1c1nn(CCOc2ccccc2)c2c1COCC2. The average molecular weight is 399 g/mol. The Morgan fingerprint density at radius 1 is 1.31 bits per heavy atom. The van der Waals surface area contributed by atoms with Crippen molar-refractivity contribution in [2.45, 2.75) is 45.4 Å². The zero-order chi connectivity index (χ0) is 20.1. The number of carbonyl (C=O) groups excluding carboxylic acids is 1. The van der Waals surface area contributed by atoms with E-state index in [4.69, 9.17) is 19.3 Å². The van der Waals surface area contributed by atoms with Crippen LogP contribution in [-0.2, 0) is 33.8 Å². The summed E-state index contributed by atoms with van der Waals surface area (Å²) in [6.07, 6.45) is 2.76. The van der Waals surface area contributed by atoms with E-state index in [1.54, 1.807) is 0 Å². The second-order valence-corrected chi connectivity index (χ2v) is 7.38. The minimum atomic E-state index is 0.00898. The van der Waals surface area contributed by atoms with Gasteiger partial charge in [0, 0.05) is 30.8 Å². The van der Waals surface area contributed by atoms with E-state index in [2.05, 4.69) is 4.68 Å². The van der Waals surface area contributed by atoms with Crippen molar-refractivity contribution >= 4 is 5.91 Å². The molecule has 1 atom stereocenters. The molecule has 0 saturated carbocycles. The molecule has 1 saturated heterocycles. The summed E-state index contributed by atoms with van der Waals surface area (Å²) in [6.45, 7) is 5.84. The molecule has 1 fully saturated rings. The van der Waals surface area contributed by atoms with Crippen LogP contribution in [-0.4, -0.2) is 53.6 Å². The predicted molar refractivity (Wildman–Crippen MR) is 108 cm³/mol. The summed E-state index contributed by atoms with van der Waals surface area (Å²) in [5.41, 5.74) is 3.35. The third-order valence-electron chi connectivity index (χ3n) is 5.56. The Hall–Kier alpha value is -2.38. The van der Waals surface area contributed by atoms with Crippen LogP contribution in [0.2, 0.25) is 0 Å². The van der Waals surface area contributed by atoms with Gasteiger partial charge in [-0.05, 0) is 31.9 Å². The fourth-order valence-electron chi connectivity index (χ4n) is 4.18. The van der Waals surface area contributed by atoms with Gasteiger partial charge in [0.05, 0.1) is 31.5 Å². The Bertz CT molecular complexity index is 821. The summed E-state index contributed by atoms with van der Waals surface area (Å²) >= 11 is 0. The summed E-state index contributed by atoms with van der Waals surface area (Å²) in [4.78, 5) is 14.5. The van der Waals surface area contributed by atoms with Crippen molar-refractivity contribution in [3.8, 4) is 5.75 Å². The van der Waals surface area contributed by atoms with E-state index in [-0.39, 0.29) is 18.6 Å². The maximum absolute atomic E-state index is 12.6. The smallest absolute Gasteiger partial charge is 0.249 e. The maximum Gasteiger partial charge on any atom is 0.249 e. The van der Waals surface area contributed by atoms with Crippen molar-refractivity contribution in [1.82, 2.24) is 14.7 Å². The molecule has 0 spiro atoms. The Morgan fingerprint density at radius 3 is 3.00 bits per heavy atom. The third-order valence-corrected chi connectivity index (χ3v) is 5.56. The van der Waals surface area contributed by atoms with Gasteiger partial charge < -0.3 is 19.1 Å². The van der Waals surface area contributed by atoms with Gasteiger partial charge in [-0.1, -0.05) is 18.2 Å². The van der Waals surface area contributed by atoms with Crippen LogP contribution < -0.4 is 4.74 Å². The van der Waals surface area contributed by atoms with Gasteiger partial charge in [0.25, 0.3) is 0 Å². The zero-order valence-electron chi connectivity index (χ0n) is 17.0. The molecule has 3 heterocycles. The van der Waals surface area contributed by atoms with Crippen molar-refractivity contribution in [3.63, 3.8) is 0 Å². The van der Waals surface area contributed by atoms with E-state index < -0.39 is 0 Å². The van der Waals surface area contributed by atoms with Crippen molar-refractivity contribution in [1.29, 1.82) is 0 Å². The number of likely N-dealkylation sites (tertiary alicyclic amines) is 1. The van der Waals surface area contributed by atoms with E-state index in [1.807, 2.05) is 42.2 Å². The van der Waals surface area contributed by atoms with Gasteiger partial charge in [-0.25, -0.2) is 0 Å². The number of ether oxygens (including phenoxy) is 3. The first-order valence-corrected chi connectivity index (χ1v) is 10.5. The number of amides is 1. The Kier molecular flexibility index (Phi) is 6.46.